The predicted octanol–water partition coefficient (Wildman–Crippen LogP) is 3.07. The summed E-state index contributed by atoms with van der Waals surface area (Å²) in [5.41, 5.74) is 1.48. The number of fused-ring (bicyclic) bond motifs is 1. The molecule has 1 saturated heterocycles. The second-order valence-electron chi connectivity index (χ2n) is 5.24. The SMILES string of the molecule is Clc1cc2ncc(NCCN3CCCOCC3)nc2cc1Cl. The Hall–Kier alpha value is -1.14. The van der Waals surface area contributed by atoms with Crippen molar-refractivity contribution in [2.24, 2.45) is 0 Å². The van der Waals surface area contributed by atoms with Crippen LogP contribution in [0.1, 0.15) is 6.42 Å². The van der Waals surface area contributed by atoms with Gasteiger partial charge in [0.1, 0.15) is 5.82 Å². The van der Waals surface area contributed by atoms with Gasteiger partial charge < -0.3 is 10.1 Å². The summed E-state index contributed by atoms with van der Waals surface area (Å²) < 4.78 is 5.45. The summed E-state index contributed by atoms with van der Waals surface area (Å²) in [5.74, 6) is 0.747. The minimum atomic E-state index is 0.491. The van der Waals surface area contributed by atoms with E-state index in [2.05, 4.69) is 20.2 Å². The second-order valence-corrected chi connectivity index (χ2v) is 6.06. The Kier molecular flexibility index (Phi) is 5.31. The van der Waals surface area contributed by atoms with E-state index >= 15 is 0 Å². The van der Waals surface area contributed by atoms with Gasteiger partial charge >= 0.3 is 0 Å². The summed E-state index contributed by atoms with van der Waals surface area (Å²) in [6.07, 6.45) is 2.81. The zero-order valence-corrected chi connectivity index (χ0v) is 13.7. The summed E-state index contributed by atoms with van der Waals surface area (Å²) >= 11 is 12.0. The average Bonchev–Trinajstić information content (AvgIpc) is 2.77. The molecule has 0 spiro atoms. The molecule has 1 aromatic heterocycles. The molecule has 1 aromatic carbocycles. The van der Waals surface area contributed by atoms with Crippen molar-refractivity contribution in [3.63, 3.8) is 0 Å². The van der Waals surface area contributed by atoms with Gasteiger partial charge in [-0.1, -0.05) is 23.2 Å². The number of nitrogens with one attached hydrogen (secondary N) is 1. The van der Waals surface area contributed by atoms with Gasteiger partial charge in [0.2, 0.25) is 0 Å². The molecule has 7 heteroatoms. The fourth-order valence-electron chi connectivity index (χ4n) is 2.46. The number of halogens is 2. The molecule has 0 amide bonds. The number of aromatic nitrogens is 2. The Labute approximate surface area is 139 Å². The van der Waals surface area contributed by atoms with Crippen LogP contribution in [0.5, 0.6) is 0 Å². The summed E-state index contributed by atoms with van der Waals surface area (Å²) in [6, 6.07) is 3.47. The molecule has 1 fully saturated rings. The van der Waals surface area contributed by atoms with Crippen LogP contribution in [0.25, 0.3) is 11.0 Å². The lowest BCUT2D eigenvalue weighted by Crippen LogP contribution is -2.31. The Morgan fingerprint density at radius 1 is 1.14 bits per heavy atom. The van der Waals surface area contributed by atoms with Crippen LogP contribution in [0, 0.1) is 0 Å². The molecule has 0 bridgehead atoms. The van der Waals surface area contributed by atoms with Crippen molar-refractivity contribution < 1.29 is 4.74 Å². The third-order valence-electron chi connectivity index (χ3n) is 3.63. The molecule has 2 heterocycles. The first-order valence-corrected chi connectivity index (χ1v) is 8.14. The van der Waals surface area contributed by atoms with Crippen LogP contribution in [0.2, 0.25) is 10.0 Å². The van der Waals surface area contributed by atoms with E-state index in [1.165, 1.54) is 0 Å². The Morgan fingerprint density at radius 2 is 1.95 bits per heavy atom. The van der Waals surface area contributed by atoms with Crippen LogP contribution in [0.3, 0.4) is 0 Å². The van der Waals surface area contributed by atoms with Crippen LogP contribution >= 0.6 is 23.2 Å². The van der Waals surface area contributed by atoms with E-state index in [0.717, 1.165) is 62.7 Å². The van der Waals surface area contributed by atoms with Gasteiger partial charge in [-0.3, -0.25) is 9.88 Å². The maximum atomic E-state index is 6.02. The molecule has 1 aliphatic rings. The zero-order valence-electron chi connectivity index (χ0n) is 12.2. The van der Waals surface area contributed by atoms with Crippen molar-refractivity contribution in [3.05, 3.63) is 28.4 Å². The van der Waals surface area contributed by atoms with Crippen LogP contribution in [-0.2, 0) is 4.74 Å². The quantitative estimate of drug-likeness (QED) is 0.926. The van der Waals surface area contributed by atoms with Gasteiger partial charge in [0, 0.05) is 32.8 Å². The summed E-state index contributed by atoms with van der Waals surface area (Å²) in [5, 5.41) is 4.29. The first-order chi connectivity index (χ1) is 10.7. The molecule has 0 radical (unpaired) electrons. The van der Waals surface area contributed by atoms with E-state index in [4.69, 9.17) is 27.9 Å². The van der Waals surface area contributed by atoms with Crippen molar-refractivity contribution in [2.45, 2.75) is 6.42 Å². The van der Waals surface area contributed by atoms with Crippen molar-refractivity contribution in [2.75, 3.05) is 44.7 Å². The van der Waals surface area contributed by atoms with Crippen molar-refractivity contribution in [1.82, 2.24) is 14.9 Å². The highest BCUT2D eigenvalue weighted by Gasteiger charge is 2.09. The van der Waals surface area contributed by atoms with Gasteiger partial charge in [-0.05, 0) is 18.6 Å². The molecule has 22 heavy (non-hydrogen) atoms. The van der Waals surface area contributed by atoms with Gasteiger partial charge in [0.05, 0.1) is 33.9 Å². The van der Waals surface area contributed by atoms with E-state index in [1.807, 2.05) is 0 Å². The molecule has 0 unspecified atom stereocenters. The molecular formula is C15H18Cl2N4O. The maximum absolute atomic E-state index is 6.02. The highest BCUT2D eigenvalue weighted by molar-refractivity contribution is 6.42. The summed E-state index contributed by atoms with van der Waals surface area (Å²) in [6.45, 7) is 5.53. The Balaban J connectivity index is 1.60. The zero-order chi connectivity index (χ0) is 15.4. The molecule has 3 rings (SSSR count). The molecule has 0 atom stereocenters. The lowest BCUT2D eigenvalue weighted by atomic mass is 10.3. The van der Waals surface area contributed by atoms with Gasteiger partial charge in [-0.2, -0.15) is 0 Å². The summed E-state index contributed by atoms with van der Waals surface area (Å²) in [7, 11) is 0. The fraction of sp³-hybridized carbons (Fsp3) is 0.467. The lowest BCUT2D eigenvalue weighted by Gasteiger charge is -2.19. The highest BCUT2D eigenvalue weighted by Crippen LogP contribution is 2.26. The number of ether oxygens (including phenoxy) is 1. The number of benzene rings is 1. The first-order valence-electron chi connectivity index (χ1n) is 7.38. The number of hydrogen-bond donors (Lipinski definition) is 1. The summed E-state index contributed by atoms with van der Waals surface area (Å²) in [4.78, 5) is 11.3. The molecule has 1 N–H and O–H groups in total. The fourth-order valence-corrected chi connectivity index (χ4v) is 2.77. The highest BCUT2D eigenvalue weighted by atomic mass is 35.5. The van der Waals surface area contributed by atoms with Gasteiger partial charge in [0.25, 0.3) is 0 Å². The van der Waals surface area contributed by atoms with Crippen LogP contribution in [-0.4, -0.2) is 54.3 Å². The average molecular weight is 341 g/mol. The number of rotatable bonds is 4. The second kappa shape index (κ2) is 7.42. The van der Waals surface area contributed by atoms with Crippen LogP contribution < -0.4 is 5.32 Å². The molecule has 5 nitrogen and oxygen atoms in total. The molecule has 1 aliphatic heterocycles. The monoisotopic (exact) mass is 340 g/mol. The molecule has 0 aliphatic carbocycles. The van der Waals surface area contributed by atoms with Crippen molar-refractivity contribution in [1.29, 1.82) is 0 Å². The Morgan fingerprint density at radius 3 is 2.82 bits per heavy atom. The third-order valence-corrected chi connectivity index (χ3v) is 4.36. The molecule has 0 saturated carbocycles. The third kappa shape index (κ3) is 3.98. The standard InChI is InChI=1S/C15H18Cl2N4O/c16-11-8-13-14(9-12(11)17)20-15(10-19-13)18-2-4-21-3-1-6-22-7-5-21/h8-10H,1-7H2,(H,18,20). The Bertz CT molecular complexity index is 645. The minimum absolute atomic E-state index is 0.491. The molecule has 2 aromatic rings. The van der Waals surface area contributed by atoms with Crippen molar-refractivity contribution >= 4 is 40.1 Å². The normalized spacial score (nSPS) is 16.6. The van der Waals surface area contributed by atoms with E-state index in [0.29, 0.717) is 10.0 Å². The molecule has 118 valence electrons. The topological polar surface area (TPSA) is 50.3 Å². The number of nitrogens with zero attached hydrogens (tertiary/aromatic N) is 3. The van der Waals surface area contributed by atoms with E-state index in [-0.39, 0.29) is 0 Å². The van der Waals surface area contributed by atoms with Gasteiger partial charge in [-0.25, -0.2) is 4.98 Å². The van der Waals surface area contributed by atoms with Crippen molar-refractivity contribution in [3.8, 4) is 0 Å². The first kappa shape index (κ1) is 15.7. The van der Waals surface area contributed by atoms with E-state index in [9.17, 15) is 0 Å². The lowest BCUT2D eigenvalue weighted by molar-refractivity contribution is 0.142. The van der Waals surface area contributed by atoms with E-state index in [1.54, 1.807) is 18.3 Å². The number of hydrogen-bond acceptors (Lipinski definition) is 5. The van der Waals surface area contributed by atoms with Gasteiger partial charge in [-0.15, -0.1) is 0 Å². The van der Waals surface area contributed by atoms with Crippen LogP contribution in [0.15, 0.2) is 18.3 Å². The largest absolute Gasteiger partial charge is 0.380 e. The number of anilines is 1. The maximum Gasteiger partial charge on any atom is 0.145 e. The van der Waals surface area contributed by atoms with Gasteiger partial charge in [0.15, 0.2) is 0 Å². The van der Waals surface area contributed by atoms with E-state index < -0.39 is 0 Å². The molecular weight excluding hydrogens is 323 g/mol. The smallest absolute Gasteiger partial charge is 0.145 e. The minimum Gasteiger partial charge on any atom is -0.380 e. The predicted molar refractivity (Wildman–Crippen MR) is 89.9 cm³/mol. The van der Waals surface area contributed by atoms with Crippen LogP contribution in [0.4, 0.5) is 5.82 Å².